The summed E-state index contributed by atoms with van der Waals surface area (Å²) < 4.78 is 5.22. The number of hydrogen-bond donors (Lipinski definition) is 3. The van der Waals surface area contributed by atoms with Gasteiger partial charge in [0.2, 0.25) is 5.91 Å². The average Bonchev–Trinajstić information content (AvgIpc) is 2.89. The van der Waals surface area contributed by atoms with Crippen LogP contribution in [0.5, 0.6) is 5.75 Å². The van der Waals surface area contributed by atoms with E-state index in [2.05, 4.69) is 10.6 Å². The van der Waals surface area contributed by atoms with Gasteiger partial charge in [-0.15, -0.1) is 0 Å². The van der Waals surface area contributed by atoms with E-state index in [0.29, 0.717) is 6.61 Å². The van der Waals surface area contributed by atoms with Crippen LogP contribution in [0.1, 0.15) is 0 Å². The molecule has 108 valence electrons. The Hall–Kier alpha value is -2.19. The monoisotopic (exact) mass is 281 g/mol. The van der Waals surface area contributed by atoms with Crippen LogP contribution in [0.4, 0.5) is 11.4 Å². The van der Waals surface area contributed by atoms with Gasteiger partial charge in [-0.2, -0.15) is 0 Å². The summed E-state index contributed by atoms with van der Waals surface area (Å²) in [6, 6.07) is 3.46. The van der Waals surface area contributed by atoms with Gasteiger partial charge in [0.25, 0.3) is 5.69 Å². The number of nitro benzene ring substituents is 1. The molecule has 2 atom stereocenters. The van der Waals surface area contributed by atoms with Gasteiger partial charge >= 0.3 is 0 Å². The summed E-state index contributed by atoms with van der Waals surface area (Å²) in [5.74, 6) is -0.990. The summed E-state index contributed by atoms with van der Waals surface area (Å²) in [5, 5.41) is 25.6. The first-order valence-corrected chi connectivity index (χ1v) is 6.06. The van der Waals surface area contributed by atoms with Crippen molar-refractivity contribution < 1.29 is 19.6 Å². The van der Waals surface area contributed by atoms with Gasteiger partial charge in [0.15, 0.2) is 0 Å². The number of carbonyl (C=O) groups is 1. The highest BCUT2D eigenvalue weighted by atomic mass is 16.6. The van der Waals surface area contributed by atoms with E-state index in [4.69, 9.17) is 4.74 Å². The number of nitrogens with zero attached hydrogens (tertiary/aromatic N) is 1. The molecule has 0 radical (unpaired) electrons. The second kappa shape index (κ2) is 5.85. The van der Waals surface area contributed by atoms with E-state index in [1.54, 1.807) is 7.05 Å². The summed E-state index contributed by atoms with van der Waals surface area (Å²) >= 11 is 0. The number of nitrogens with one attached hydrogen (secondary N) is 2. The third kappa shape index (κ3) is 2.86. The van der Waals surface area contributed by atoms with Gasteiger partial charge in [-0.25, -0.2) is 0 Å². The van der Waals surface area contributed by atoms with Crippen molar-refractivity contribution >= 4 is 17.3 Å². The highest BCUT2D eigenvalue weighted by Gasteiger charge is 2.33. The predicted octanol–water partition coefficient (Wildman–Crippen LogP) is 0.473. The van der Waals surface area contributed by atoms with Crippen molar-refractivity contribution in [2.24, 2.45) is 5.92 Å². The Labute approximate surface area is 114 Å². The van der Waals surface area contributed by atoms with Crippen molar-refractivity contribution in [1.29, 1.82) is 0 Å². The molecule has 0 aliphatic carbocycles. The van der Waals surface area contributed by atoms with Crippen LogP contribution < -0.4 is 10.6 Å². The van der Waals surface area contributed by atoms with E-state index in [1.165, 1.54) is 12.1 Å². The second-order valence-electron chi connectivity index (χ2n) is 4.49. The van der Waals surface area contributed by atoms with Crippen molar-refractivity contribution in [1.82, 2.24) is 5.32 Å². The third-order valence-corrected chi connectivity index (χ3v) is 3.22. The van der Waals surface area contributed by atoms with Crippen molar-refractivity contribution in [3.8, 4) is 5.75 Å². The van der Waals surface area contributed by atoms with Crippen molar-refractivity contribution in [3.05, 3.63) is 28.3 Å². The predicted molar refractivity (Wildman–Crippen MR) is 70.5 cm³/mol. The molecule has 1 aliphatic rings. The Kier molecular flexibility index (Phi) is 4.16. The highest BCUT2D eigenvalue weighted by Crippen LogP contribution is 2.29. The van der Waals surface area contributed by atoms with Crippen LogP contribution in [-0.2, 0) is 9.53 Å². The Bertz CT molecular complexity index is 534. The molecule has 20 heavy (non-hydrogen) atoms. The Morgan fingerprint density at radius 3 is 2.90 bits per heavy atom. The van der Waals surface area contributed by atoms with Gasteiger partial charge in [-0.05, 0) is 19.2 Å². The smallest absolute Gasteiger partial charge is 0.296 e. The molecular formula is C12H15N3O5. The van der Waals surface area contributed by atoms with Gasteiger partial charge < -0.3 is 20.5 Å². The van der Waals surface area contributed by atoms with Crippen molar-refractivity contribution in [2.75, 3.05) is 25.6 Å². The van der Waals surface area contributed by atoms with E-state index >= 15 is 0 Å². The lowest BCUT2D eigenvalue weighted by molar-refractivity contribution is -0.384. The minimum atomic E-state index is -0.657. The SMILES string of the molecule is CNC1COCC1C(=O)Nc1ccc(O)cc1[N+](=O)[O-]. The maximum atomic E-state index is 12.1. The molecule has 8 nitrogen and oxygen atoms in total. The molecule has 2 rings (SSSR count). The molecule has 1 aliphatic heterocycles. The molecule has 2 unspecified atom stereocenters. The van der Waals surface area contributed by atoms with Gasteiger partial charge in [-0.3, -0.25) is 14.9 Å². The van der Waals surface area contributed by atoms with Crippen LogP contribution in [0.3, 0.4) is 0 Å². The Morgan fingerprint density at radius 2 is 2.25 bits per heavy atom. The first kappa shape index (κ1) is 14.2. The standard InChI is InChI=1S/C12H15N3O5/c1-13-10-6-20-5-8(10)12(17)14-9-3-2-7(16)4-11(9)15(18)19/h2-4,8,10,13,16H,5-6H2,1H3,(H,14,17). The number of amides is 1. The molecule has 0 aromatic heterocycles. The van der Waals surface area contributed by atoms with Crippen molar-refractivity contribution in [2.45, 2.75) is 6.04 Å². The van der Waals surface area contributed by atoms with E-state index < -0.39 is 10.8 Å². The molecule has 1 amide bonds. The van der Waals surface area contributed by atoms with E-state index in [-0.39, 0.29) is 35.7 Å². The molecule has 1 heterocycles. The number of hydrogen-bond acceptors (Lipinski definition) is 6. The molecular weight excluding hydrogens is 266 g/mol. The lowest BCUT2D eigenvalue weighted by atomic mass is 10.0. The minimum absolute atomic E-state index is 0.0551. The Balaban J connectivity index is 2.17. The zero-order valence-corrected chi connectivity index (χ0v) is 10.8. The third-order valence-electron chi connectivity index (χ3n) is 3.22. The van der Waals surface area contributed by atoms with Crippen LogP contribution in [0.25, 0.3) is 0 Å². The van der Waals surface area contributed by atoms with Crippen molar-refractivity contribution in [3.63, 3.8) is 0 Å². The highest BCUT2D eigenvalue weighted by molar-refractivity contribution is 5.95. The fourth-order valence-electron chi connectivity index (χ4n) is 2.10. The van der Waals surface area contributed by atoms with E-state index in [1.807, 2.05) is 0 Å². The first-order chi connectivity index (χ1) is 9.52. The average molecular weight is 281 g/mol. The van der Waals surface area contributed by atoms with Gasteiger partial charge in [0.1, 0.15) is 11.4 Å². The number of phenols is 1. The number of rotatable bonds is 4. The van der Waals surface area contributed by atoms with Crippen LogP contribution in [0.2, 0.25) is 0 Å². The molecule has 0 saturated carbocycles. The fourth-order valence-corrected chi connectivity index (χ4v) is 2.10. The maximum Gasteiger partial charge on any atom is 0.296 e. The number of benzene rings is 1. The van der Waals surface area contributed by atoms with Crippen LogP contribution in [0.15, 0.2) is 18.2 Å². The zero-order valence-electron chi connectivity index (χ0n) is 10.8. The summed E-state index contributed by atoms with van der Waals surface area (Å²) in [6.45, 7) is 0.690. The number of phenolic OH excluding ortho intramolecular Hbond substituents is 1. The summed E-state index contributed by atoms with van der Waals surface area (Å²) in [6.07, 6.45) is 0. The topological polar surface area (TPSA) is 114 Å². The minimum Gasteiger partial charge on any atom is -0.508 e. The zero-order chi connectivity index (χ0) is 14.7. The van der Waals surface area contributed by atoms with Crippen LogP contribution in [0, 0.1) is 16.0 Å². The van der Waals surface area contributed by atoms with Gasteiger partial charge in [0, 0.05) is 6.04 Å². The van der Waals surface area contributed by atoms with E-state index in [0.717, 1.165) is 6.07 Å². The molecule has 3 N–H and O–H groups in total. The lowest BCUT2D eigenvalue weighted by Gasteiger charge is -2.16. The summed E-state index contributed by atoms with van der Waals surface area (Å²) in [5.41, 5.74) is -0.294. The normalized spacial score (nSPS) is 21.6. The summed E-state index contributed by atoms with van der Waals surface area (Å²) in [4.78, 5) is 22.4. The Morgan fingerprint density at radius 1 is 1.50 bits per heavy atom. The number of likely N-dealkylation sites (N-methyl/N-ethyl adjacent to an activating group) is 1. The maximum absolute atomic E-state index is 12.1. The van der Waals surface area contributed by atoms with Gasteiger partial charge in [-0.1, -0.05) is 0 Å². The first-order valence-electron chi connectivity index (χ1n) is 6.06. The molecule has 1 saturated heterocycles. The van der Waals surface area contributed by atoms with Crippen LogP contribution in [-0.4, -0.2) is 42.2 Å². The number of carbonyl (C=O) groups excluding carboxylic acids is 1. The number of nitro groups is 1. The number of anilines is 1. The van der Waals surface area contributed by atoms with Crippen LogP contribution >= 0.6 is 0 Å². The second-order valence-corrected chi connectivity index (χ2v) is 4.49. The largest absolute Gasteiger partial charge is 0.508 e. The molecule has 0 bridgehead atoms. The molecule has 1 fully saturated rings. The fraction of sp³-hybridized carbons (Fsp3) is 0.417. The molecule has 0 spiro atoms. The molecule has 8 heteroatoms. The molecule has 1 aromatic rings. The van der Waals surface area contributed by atoms with E-state index in [9.17, 15) is 20.0 Å². The summed E-state index contributed by atoms with van der Waals surface area (Å²) in [7, 11) is 1.72. The number of ether oxygens (including phenoxy) is 1. The quantitative estimate of drug-likeness (QED) is 0.420. The van der Waals surface area contributed by atoms with Gasteiger partial charge in [0.05, 0.1) is 30.1 Å². The molecule has 1 aromatic carbocycles. The number of aromatic hydroxyl groups is 1. The lowest BCUT2D eigenvalue weighted by Crippen LogP contribution is -2.39.